The molecule has 0 spiro atoms. The van der Waals surface area contributed by atoms with Crippen molar-refractivity contribution in [2.45, 2.75) is 13.5 Å². The third-order valence-corrected chi connectivity index (χ3v) is 4.20. The maximum atomic E-state index is 13.9. The maximum absolute atomic E-state index is 13.9. The van der Waals surface area contributed by atoms with Crippen LogP contribution >= 0.6 is 23.8 Å². The van der Waals surface area contributed by atoms with Gasteiger partial charge in [0.15, 0.2) is 11.5 Å². The van der Waals surface area contributed by atoms with E-state index in [-0.39, 0.29) is 6.61 Å². The number of benzene rings is 2. The van der Waals surface area contributed by atoms with Crippen molar-refractivity contribution in [3.05, 3.63) is 69.5 Å². The van der Waals surface area contributed by atoms with Gasteiger partial charge in [-0.3, -0.25) is 5.10 Å². The van der Waals surface area contributed by atoms with Crippen molar-refractivity contribution in [2.24, 2.45) is 5.10 Å². The third kappa shape index (κ3) is 4.72. The largest absolute Gasteiger partial charge is 0.490 e. The lowest BCUT2D eigenvalue weighted by Gasteiger charge is -2.13. The van der Waals surface area contributed by atoms with Gasteiger partial charge >= 0.3 is 0 Å². The van der Waals surface area contributed by atoms with E-state index in [0.717, 1.165) is 5.56 Å². The van der Waals surface area contributed by atoms with E-state index in [1.54, 1.807) is 36.5 Å². The topological polar surface area (TPSA) is 64.4 Å². The molecule has 1 N–H and O–H groups in total. The molecular formula is C18H16ClFN4O2S. The number of nitrogens with zero attached hydrogens (tertiary/aromatic N) is 3. The first-order valence-corrected chi connectivity index (χ1v) is 8.86. The normalized spacial score (nSPS) is 11.1. The van der Waals surface area contributed by atoms with Crippen molar-refractivity contribution in [1.82, 2.24) is 14.9 Å². The lowest BCUT2D eigenvalue weighted by molar-refractivity contribution is 0.266. The first kappa shape index (κ1) is 19.1. The molecule has 2 aromatic carbocycles. The molecule has 0 aliphatic rings. The predicted octanol–water partition coefficient (Wildman–Crippen LogP) is 4.59. The van der Waals surface area contributed by atoms with Crippen molar-refractivity contribution >= 4 is 30.0 Å². The van der Waals surface area contributed by atoms with Crippen LogP contribution in [-0.2, 0) is 6.61 Å². The molecule has 6 nitrogen and oxygen atoms in total. The quantitative estimate of drug-likeness (QED) is 0.460. The van der Waals surface area contributed by atoms with Gasteiger partial charge in [-0.15, -0.1) is 0 Å². The molecule has 0 aliphatic heterocycles. The van der Waals surface area contributed by atoms with Crippen LogP contribution in [0, 0.1) is 10.6 Å². The Bertz CT molecular complexity index is 998. The van der Waals surface area contributed by atoms with Crippen LogP contribution in [0.3, 0.4) is 0 Å². The molecule has 0 radical (unpaired) electrons. The maximum Gasteiger partial charge on any atom is 0.216 e. The molecule has 0 saturated carbocycles. The summed E-state index contributed by atoms with van der Waals surface area (Å²) in [6, 6.07) is 9.81. The van der Waals surface area contributed by atoms with Gasteiger partial charge in [-0.1, -0.05) is 17.7 Å². The number of ether oxygens (including phenoxy) is 2. The van der Waals surface area contributed by atoms with Crippen molar-refractivity contribution in [3.63, 3.8) is 0 Å². The Hall–Kier alpha value is -2.71. The second-order valence-electron chi connectivity index (χ2n) is 5.38. The van der Waals surface area contributed by atoms with E-state index in [2.05, 4.69) is 15.3 Å². The van der Waals surface area contributed by atoms with Gasteiger partial charge in [0, 0.05) is 5.56 Å². The van der Waals surface area contributed by atoms with Gasteiger partial charge in [0.2, 0.25) is 4.77 Å². The van der Waals surface area contributed by atoms with Crippen LogP contribution < -0.4 is 9.47 Å². The fourth-order valence-corrected chi connectivity index (χ4v) is 2.63. The lowest BCUT2D eigenvalue weighted by Crippen LogP contribution is -2.02. The summed E-state index contributed by atoms with van der Waals surface area (Å²) in [5, 5.41) is 10.9. The summed E-state index contributed by atoms with van der Waals surface area (Å²) in [5.74, 6) is 0.582. The number of nitrogens with one attached hydrogen (secondary N) is 1. The smallest absolute Gasteiger partial charge is 0.216 e. The molecule has 1 aromatic heterocycles. The molecule has 0 bridgehead atoms. The van der Waals surface area contributed by atoms with E-state index in [4.69, 9.17) is 33.3 Å². The van der Waals surface area contributed by atoms with Gasteiger partial charge in [0.05, 0.1) is 17.8 Å². The Morgan fingerprint density at radius 3 is 2.85 bits per heavy atom. The molecule has 0 fully saturated rings. The number of rotatable bonds is 7. The van der Waals surface area contributed by atoms with Crippen molar-refractivity contribution < 1.29 is 13.9 Å². The Labute approximate surface area is 165 Å². The lowest BCUT2D eigenvalue weighted by atomic mass is 10.2. The highest BCUT2D eigenvalue weighted by Crippen LogP contribution is 2.30. The molecule has 0 aliphatic carbocycles. The summed E-state index contributed by atoms with van der Waals surface area (Å²) in [7, 11) is 0. The summed E-state index contributed by atoms with van der Waals surface area (Å²) in [5.41, 5.74) is 1.07. The van der Waals surface area contributed by atoms with Crippen LogP contribution in [-0.4, -0.2) is 27.7 Å². The first-order valence-electron chi connectivity index (χ1n) is 8.07. The van der Waals surface area contributed by atoms with Gasteiger partial charge in [-0.05, 0) is 55.0 Å². The minimum absolute atomic E-state index is 0.0107. The van der Waals surface area contributed by atoms with Gasteiger partial charge in [0.1, 0.15) is 18.8 Å². The van der Waals surface area contributed by atoms with Crippen LogP contribution in [0.2, 0.25) is 5.02 Å². The highest BCUT2D eigenvalue weighted by molar-refractivity contribution is 7.71. The summed E-state index contributed by atoms with van der Waals surface area (Å²) < 4.78 is 27.1. The highest BCUT2D eigenvalue weighted by atomic mass is 35.5. The zero-order valence-electron chi connectivity index (χ0n) is 14.4. The Balaban J connectivity index is 1.80. The zero-order valence-corrected chi connectivity index (χ0v) is 15.9. The monoisotopic (exact) mass is 406 g/mol. The number of halogens is 2. The molecule has 140 valence electrons. The van der Waals surface area contributed by atoms with Crippen LogP contribution in [0.1, 0.15) is 18.1 Å². The highest BCUT2D eigenvalue weighted by Gasteiger charge is 2.11. The standard InChI is InChI=1S/C18H16ClFN4O2S/c1-2-25-17-8-12(9-22-24-11-21-23-18(24)27)6-7-16(17)26-10-13-14(19)4-3-5-15(13)20/h3-9,11H,2,10H2,1H3,(H,23,27)/b22-9+. The molecule has 1 heterocycles. The van der Waals surface area contributed by atoms with Crippen LogP contribution in [0.15, 0.2) is 47.8 Å². The summed E-state index contributed by atoms with van der Waals surface area (Å²) >= 11 is 11.1. The van der Waals surface area contributed by atoms with Crippen molar-refractivity contribution in [2.75, 3.05) is 6.61 Å². The van der Waals surface area contributed by atoms with E-state index in [0.29, 0.717) is 33.5 Å². The summed E-state index contributed by atoms with van der Waals surface area (Å²) in [6.45, 7) is 2.30. The SMILES string of the molecule is CCOc1cc(/C=N/n2cn[nH]c2=S)ccc1OCc1c(F)cccc1Cl. The van der Waals surface area contributed by atoms with E-state index in [1.165, 1.54) is 17.1 Å². The van der Waals surface area contributed by atoms with Gasteiger partial charge in [-0.2, -0.15) is 14.9 Å². The van der Waals surface area contributed by atoms with Crippen molar-refractivity contribution in [3.8, 4) is 11.5 Å². The Morgan fingerprint density at radius 1 is 1.30 bits per heavy atom. The molecule has 27 heavy (non-hydrogen) atoms. The molecule has 9 heteroatoms. The molecule has 3 rings (SSSR count). The summed E-state index contributed by atoms with van der Waals surface area (Å²) in [4.78, 5) is 0. The zero-order chi connectivity index (χ0) is 19.2. The van der Waals surface area contributed by atoms with Crippen LogP contribution in [0.5, 0.6) is 11.5 Å². The first-order chi connectivity index (χ1) is 13.1. The third-order valence-electron chi connectivity index (χ3n) is 3.57. The second-order valence-corrected chi connectivity index (χ2v) is 6.17. The van der Waals surface area contributed by atoms with Gasteiger partial charge in [0.25, 0.3) is 0 Å². The number of aromatic nitrogens is 3. The number of H-pyrrole nitrogens is 1. The average molecular weight is 407 g/mol. The molecule has 0 amide bonds. The number of aromatic amines is 1. The van der Waals surface area contributed by atoms with E-state index >= 15 is 0 Å². The fraction of sp³-hybridized carbons (Fsp3) is 0.167. The average Bonchev–Trinajstić information content (AvgIpc) is 3.06. The predicted molar refractivity (Wildman–Crippen MR) is 104 cm³/mol. The molecule has 0 saturated heterocycles. The van der Waals surface area contributed by atoms with E-state index < -0.39 is 5.82 Å². The Kier molecular flexibility index (Phi) is 6.20. The summed E-state index contributed by atoms with van der Waals surface area (Å²) in [6.07, 6.45) is 3.09. The molecular weight excluding hydrogens is 391 g/mol. The van der Waals surface area contributed by atoms with E-state index in [9.17, 15) is 4.39 Å². The van der Waals surface area contributed by atoms with Gasteiger partial charge in [-0.25, -0.2) is 4.39 Å². The number of hydrogen-bond acceptors (Lipinski definition) is 5. The molecule has 3 aromatic rings. The molecule has 0 unspecified atom stereocenters. The van der Waals surface area contributed by atoms with E-state index in [1.807, 2.05) is 6.92 Å². The Morgan fingerprint density at radius 2 is 2.15 bits per heavy atom. The van der Waals surface area contributed by atoms with Gasteiger partial charge < -0.3 is 9.47 Å². The minimum Gasteiger partial charge on any atom is -0.490 e. The minimum atomic E-state index is -0.416. The fourth-order valence-electron chi connectivity index (χ4n) is 2.27. The number of hydrogen-bond donors (Lipinski definition) is 1. The van der Waals surface area contributed by atoms with Crippen LogP contribution in [0.4, 0.5) is 4.39 Å². The van der Waals surface area contributed by atoms with Crippen molar-refractivity contribution in [1.29, 1.82) is 0 Å². The molecule has 0 atom stereocenters. The second kappa shape index (κ2) is 8.79. The van der Waals surface area contributed by atoms with Crippen LogP contribution in [0.25, 0.3) is 0 Å².